The fraction of sp³-hybridized carbons (Fsp3) is 0.286. The maximum atomic E-state index is 12.6. The number of benzene rings is 2. The number of rotatable bonds is 10. The summed E-state index contributed by atoms with van der Waals surface area (Å²) in [6.45, 7) is 0.478. The summed E-state index contributed by atoms with van der Waals surface area (Å²) in [7, 11) is 0. The van der Waals surface area contributed by atoms with Gasteiger partial charge in [0, 0.05) is 18.7 Å². The van der Waals surface area contributed by atoms with Crippen LogP contribution in [-0.2, 0) is 27.4 Å². The van der Waals surface area contributed by atoms with Crippen molar-refractivity contribution in [3.63, 3.8) is 0 Å². The normalized spacial score (nSPS) is 16.7. The van der Waals surface area contributed by atoms with Crippen LogP contribution in [0.4, 0.5) is 19.0 Å². The summed E-state index contributed by atoms with van der Waals surface area (Å²) in [5.74, 6) is -3.66. The molecule has 1 saturated carbocycles. The van der Waals surface area contributed by atoms with Gasteiger partial charge < -0.3 is 25.6 Å². The Balaban J connectivity index is 0.000000616. The van der Waals surface area contributed by atoms with Crippen molar-refractivity contribution in [2.75, 3.05) is 5.32 Å². The van der Waals surface area contributed by atoms with Gasteiger partial charge in [-0.25, -0.2) is 14.6 Å². The van der Waals surface area contributed by atoms with Crippen LogP contribution in [-0.4, -0.2) is 57.4 Å². The van der Waals surface area contributed by atoms with Gasteiger partial charge in [0.1, 0.15) is 11.9 Å². The van der Waals surface area contributed by atoms with Gasteiger partial charge in [-0.15, -0.1) is 0 Å². The van der Waals surface area contributed by atoms with Crippen LogP contribution in [0.2, 0.25) is 10.0 Å². The minimum absolute atomic E-state index is 0.0584. The molecule has 2 aromatic carbocycles. The Morgan fingerprint density at radius 2 is 1.55 bits per heavy atom. The third-order valence-corrected chi connectivity index (χ3v) is 6.73. The molecule has 4 rings (SSSR count). The molecule has 9 nitrogen and oxygen atoms in total. The lowest BCUT2D eigenvalue weighted by Gasteiger charge is -2.36. The number of carboxylic acids is 2. The number of halogens is 5. The van der Waals surface area contributed by atoms with Gasteiger partial charge in [-0.05, 0) is 48.2 Å². The molecule has 0 unspecified atom stereocenters. The van der Waals surface area contributed by atoms with E-state index in [0.717, 1.165) is 29.8 Å². The number of carbonyl (C=O) groups excluding carboxylic acids is 1. The minimum atomic E-state index is -5.08. The number of anilines is 1. The van der Waals surface area contributed by atoms with Gasteiger partial charge in [-0.1, -0.05) is 59.6 Å². The highest BCUT2D eigenvalue weighted by atomic mass is 35.5. The standard InChI is InChI=1S/C26H25Cl2N3O4.C2HF3O2/c27-20-4-3-5-21(28)24(20)25(32)31-22(26(33)34)12-16-7-9-17(10-8-16)15-35-19-13-18(14-19)30-23-6-1-2-11-29-23;3-2(4,5)1(6)7/h1-11,18-19,22H,12-15H2,(H,29,30)(H,31,32)(H,33,34);(H,6,7)/t18?,19?,22-;/m0./s1. The number of hydrogen-bond donors (Lipinski definition) is 4. The number of nitrogens with one attached hydrogen (secondary N) is 2. The van der Waals surface area contributed by atoms with Crippen LogP contribution in [0, 0.1) is 0 Å². The maximum absolute atomic E-state index is 12.6. The van der Waals surface area contributed by atoms with Gasteiger partial charge in [0.2, 0.25) is 0 Å². The number of alkyl halides is 3. The molecule has 0 aliphatic heterocycles. The monoisotopic (exact) mass is 627 g/mol. The summed E-state index contributed by atoms with van der Waals surface area (Å²) in [5, 5.41) is 23.0. The maximum Gasteiger partial charge on any atom is 0.490 e. The van der Waals surface area contributed by atoms with Crippen molar-refractivity contribution >= 4 is 46.9 Å². The molecule has 4 N–H and O–H groups in total. The lowest BCUT2D eigenvalue weighted by molar-refractivity contribution is -0.192. The van der Waals surface area contributed by atoms with Crippen LogP contribution in [0.1, 0.15) is 34.3 Å². The summed E-state index contributed by atoms with van der Waals surface area (Å²) < 4.78 is 37.7. The van der Waals surface area contributed by atoms with Crippen LogP contribution >= 0.6 is 23.2 Å². The van der Waals surface area contributed by atoms with Crippen LogP contribution in [0.25, 0.3) is 0 Å². The fourth-order valence-corrected chi connectivity index (χ4v) is 4.41. The van der Waals surface area contributed by atoms with E-state index in [1.165, 1.54) is 12.1 Å². The second-order valence-electron chi connectivity index (χ2n) is 9.25. The van der Waals surface area contributed by atoms with Gasteiger partial charge in [0.25, 0.3) is 5.91 Å². The number of pyridine rings is 1. The Bertz CT molecular complexity index is 1350. The number of aromatic nitrogens is 1. The number of amides is 1. The third-order valence-electron chi connectivity index (χ3n) is 6.10. The lowest BCUT2D eigenvalue weighted by Crippen LogP contribution is -2.42. The van der Waals surface area contributed by atoms with Crippen molar-refractivity contribution in [1.29, 1.82) is 0 Å². The number of ether oxygens (including phenoxy) is 1. The predicted molar refractivity (Wildman–Crippen MR) is 149 cm³/mol. The van der Waals surface area contributed by atoms with E-state index in [-0.39, 0.29) is 28.1 Å². The van der Waals surface area contributed by atoms with Crippen molar-refractivity contribution in [1.82, 2.24) is 10.3 Å². The highest BCUT2D eigenvalue weighted by molar-refractivity contribution is 6.39. The Hall–Kier alpha value is -3.87. The van der Waals surface area contributed by atoms with Crippen LogP contribution in [0.3, 0.4) is 0 Å². The summed E-state index contributed by atoms with van der Waals surface area (Å²) in [4.78, 5) is 37.5. The van der Waals surface area contributed by atoms with E-state index in [2.05, 4.69) is 15.6 Å². The molecule has 1 fully saturated rings. The average molecular weight is 628 g/mol. The van der Waals surface area contributed by atoms with E-state index in [9.17, 15) is 27.9 Å². The second kappa shape index (κ2) is 14.9. The molecule has 0 spiro atoms. The Kier molecular flexibility index (Phi) is 11.5. The van der Waals surface area contributed by atoms with Crippen LogP contribution < -0.4 is 10.6 Å². The van der Waals surface area contributed by atoms with E-state index >= 15 is 0 Å². The Morgan fingerprint density at radius 3 is 2.07 bits per heavy atom. The number of hydrogen-bond acceptors (Lipinski definition) is 6. The molecule has 0 saturated heterocycles. The van der Waals surface area contributed by atoms with Crippen LogP contribution in [0.5, 0.6) is 0 Å². The first-order valence-corrected chi connectivity index (χ1v) is 13.2. The first-order chi connectivity index (χ1) is 19.8. The lowest BCUT2D eigenvalue weighted by atomic mass is 9.89. The van der Waals surface area contributed by atoms with Gasteiger partial charge in [-0.2, -0.15) is 13.2 Å². The molecule has 1 aromatic heterocycles. The smallest absolute Gasteiger partial charge is 0.480 e. The summed E-state index contributed by atoms with van der Waals surface area (Å²) in [6, 6.07) is 17.2. The molecule has 0 radical (unpaired) electrons. The van der Waals surface area contributed by atoms with Crippen molar-refractivity contribution in [3.05, 3.63) is 93.6 Å². The van der Waals surface area contributed by atoms with Crippen molar-refractivity contribution in [2.24, 2.45) is 0 Å². The Morgan fingerprint density at radius 1 is 0.952 bits per heavy atom. The van der Waals surface area contributed by atoms with E-state index in [1.54, 1.807) is 12.3 Å². The van der Waals surface area contributed by atoms with E-state index < -0.39 is 30.1 Å². The molecule has 1 heterocycles. The van der Waals surface area contributed by atoms with Crippen LogP contribution in [0.15, 0.2) is 66.9 Å². The molecule has 1 atom stereocenters. The number of carbonyl (C=O) groups is 3. The second-order valence-corrected chi connectivity index (χ2v) is 10.1. The largest absolute Gasteiger partial charge is 0.490 e. The third kappa shape index (κ3) is 9.89. The summed E-state index contributed by atoms with van der Waals surface area (Å²) >= 11 is 12.1. The van der Waals surface area contributed by atoms with Crippen molar-refractivity contribution in [3.8, 4) is 0 Å². The Labute approximate surface area is 248 Å². The zero-order valence-electron chi connectivity index (χ0n) is 21.8. The van der Waals surface area contributed by atoms with E-state index in [4.69, 9.17) is 37.8 Å². The SMILES string of the molecule is O=C(N[C@@H](Cc1ccc(COC2CC(Nc3ccccn3)C2)cc1)C(=O)O)c1c(Cl)cccc1Cl.O=C(O)C(F)(F)F. The highest BCUT2D eigenvalue weighted by Gasteiger charge is 2.38. The zero-order valence-corrected chi connectivity index (χ0v) is 23.3. The van der Waals surface area contributed by atoms with Gasteiger partial charge in [0.15, 0.2) is 0 Å². The van der Waals surface area contributed by atoms with E-state index in [0.29, 0.717) is 12.6 Å². The first-order valence-electron chi connectivity index (χ1n) is 12.5. The van der Waals surface area contributed by atoms with Crippen molar-refractivity contribution < 1.29 is 42.5 Å². The number of aliphatic carboxylic acids is 2. The van der Waals surface area contributed by atoms with E-state index in [1.807, 2.05) is 42.5 Å². The predicted octanol–water partition coefficient (Wildman–Crippen LogP) is 5.61. The molecular formula is C28H26Cl2F3N3O6. The molecule has 224 valence electrons. The number of nitrogens with zero attached hydrogens (tertiary/aromatic N) is 1. The van der Waals surface area contributed by atoms with Gasteiger partial charge >= 0.3 is 18.1 Å². The summed E-state index contributed by atoms with van der Waals surface area (Å²) in [5.41, 5.74) is 1.83. The molecule has 1 aliphatic carbocycles. The van der Waals surface area contributed by atoms with Crippen molar-refractivity contribution in [2.45, 2.75) is 50.2 Å². The van der Waals surface area contributed by atoms with Gasteiger partial charge in [-0.3, -0.25) is 4.79 Å². The number of carboxylic acid groups (broad SMARTS) is 2. The molecule has 1 aliphatic rings. The molecule has 1 amide bonds. The fourth-order valence-electron chi connectivity index (χ4n) is 3.84. The molecule has 42 heavy (non-hydrogen) atoms. The molecule has 14 heteroatoms. The average Bonchev–Trinajstić information content (AvgIpc) is 2.90. The quantitative estimate of drug-likeness (QED) is 0.228. The zero-order chi connectivity index (χ0) is 30.9. The molecular weight excluding hydrogens is 602 g/mol. The highest BCUT2D eigenvalue weighted by Crippen LogP contribution is 2.27. The molecule has 3 aromatic rings. The minimum Gasteiger partial charge on any atom is -0.480 e. The topological polar surface area (TPSA) is 138 Å². The van der Waals surface area contributed by atoms with Gasteiger partial charge in [0.05, 0.1) is 28.3 Å². The summed E-state index contributed by atoms with van der Waals surface area (Å²) in [6.07, 6.45) is -1.17. The first kappa shape index (κ1) is 32.6. The molecule has 0 bridgehead atoms.